The number of hydrogen-bond acceptors (Lipinski definition) is 4. The van der Waals surface area contributed by atoms with Gasteiger partial charge in [-0.25, -0.2) is 31.4 Å². The second kappa shape index (κ2) is 7.84. The van der Waals surface area contributed by atoms with Gasteiger partial charge in [0.2, 0.25) is 9.84 Å². The average molecular weight is 442 g/mol. The Labute approximate surface area is 168 Å². The lowest BCUT2D eigenvalue weighted by molar-refractivity contribution is 0.0694. The van der Waals surface area contributed by atoms with Crippen molar-refractivity contribution in [2.24, 2.45) is 0 Å². The van der Waals surface area contributed by atoms with Gasteiger partial charge in [-0.05, 0) is 54.1 Å². The standard InChI is InChI=1S/C19H11ClF3NO4S/c20-11-1-4-13(5-2-11)29(27,28)18-16(23)9-14(19(25)26)17(24-18)8-10-7-12(21)3-6-15(10)22/h1-7,9H,8H2,(H,25,26). The molecule has 0 unspecified atom stereocenters. The number of aromatic nitrogens is 1. The first-order valence-corrected chi connectivity index (χ1v) is 9.83. The Bertz CT molecular complexity index is 1210. The Morgan fingerprint density at radius 2 is 1.66 bits per heavy atom. The van der Waals surface area contributed by atoms with Gasteiger partial charge in [0.15, 0.2) is 10.8 Å². The van der Waals surface area contributed by atoms with Crippen molar-refractivity contribution >= 4 is 27.4 Å². The zero-order chi connectivity index (χ0) is 21.3. The van der Waals surface area contributed by atoms with E-state index in [1.807, 2.05) is 0 Å². The van der Waals surface area contributed by atoms with Crippen molar-refractivity contribution in [3.8, 4) is 0 Å². The van der Waals surface area contributed by atoms with E-state index in [2.05, 4.69) is 4.98 Å². The Kier molecular flexibility index (Phi) is 5.63. The average Bonchev–Trinajstić information content (AvgIpc) is 2.65. The van der Waals surface area contributed by atoms with Gasteiger partial charge in [-0.3, -0.25) is 0 Å². The molecule has 1 aromatic heterocycles. The number of carbonyl (C=O) groups is 1. The summed E-state index contributed by atoms with van der Waals surface area (Å²) < 4.78 is 67.3. The van der Waals surface area contributed by atoms with Crippen molar-refractivity contribution in [3.05, 3.63) is 87.8 Å². The molecule has 29 heavy (non-hydrogen) atoms. The molecule has 0 saturated heterocycles. The van der Waals surface area contributed by atoms with Crippen molar-refractivity contribution in [2.75, 3.05) is 0 Å². The molecule has 0 saturated carbocycles. The van der Waals surface area contributed by atoms with Crippen LogP contribution in [0.1, 0.15) is 21.6 Å². The van der Waals surface area contributed by atoms with Gasteiger partial charge >= 0.3 is 5.97 Å². The number of carboxylic acid groups (broad SMARTS) is 1. The van der Waals surface area contributed by atoms with E-state index in [1.54, 1.807) is 0 Å². The second-order valence-electron chi connectivity index (χ2n) is 5.94. The number of carboxylic acids is 1. The molecular weight excluding hydrogens is 431 g/mol. The Morgan fingerprint density at radius 1 is 1.00 bits per heavy atom. The van der Waals surface area contributed by atoms with E-state index in [4.69, 9.17) is 11.6 Å². The van der Waals surface area contributed by atoms with Gasteiger partial charge in [0.1, 0.15) is 11.6 Å². The number of benzene rings is 2. The van der Waals surface area contributed by atoms with Crippen LogP contribution in [0.3, 0.4) is 0 Å². The summed E-state index contributed by atoms with van der Waals surface area (Å²) in [5, 5.41) is 8.51. The molecule has 0 spiro atoms. The molecule has 3 rings (SSSR count). The van der Waals surface area contributed by atoms with E-state index in [9.17, 15) is 31.5 Å². The lowest BCUT2D eigenvalue weighted by atomic mass is 10.0. The topological polar surface area (TPSA) is 84.3 Å². The first kappa shape index (κ1) is 20.8. The van der Waals surface area contributed by atoms with Crippen molar-refractivity contribution in [1.82, 2.24) is 4.98 Å². The molecule has 3 aromatic rings. The third kappa shape index (κ3) is 4.25. The van der Waals surface area contributed by atoms with Crippen LogP contribution in [0, 0.1) is 17.5 Å². The number of hydrogen-bond donors (Lipinski definition) is 1. The molecule has 0 aliphatic rings. The van der Waals surface area contributed by atoms with Gasteiger partial charge < -0.3 is 5.11 Å². The third-order valence-electron chi connectivity index (χ3n) is 4.00. The molecule has 0 fully saturated rings. The first-order chi connectivity index (χ1) is 13.6. The van der Waals surface area contributed by atoms with Gasteiger partial charge in [-0.2, -0.15) is 0 Å². The number of nitrogens with zero attached hydrogens (tertiary/aromatic N) is 1. The quantitative estimate of drug-likeness (QED) is 0.639. The van der Waals surface area contributed by atoms with Crippen LogP contribution >= 0.6 is 11.6 Å². The molecule has 0 atom stereocenters. The maximum Gasteiger partial charge on any atom is 0.337 e. The highest BCUT2D eigenvalue weighted by Gasteiger charge is 2.27. The molecule has 0 aliphatic heterocycles. The summed E-state index contributed by atoms with van der Waals surface area (Å²) in [7, 11) is -4.47. The highest BCUT2D eigenvalue weighted by molar-refractivity contribution is 7.91. The fourth-order valence-corrected chi connectivity index (χ4v) is 3.99. The second-order valence-corrected chi connectivity index (χ2v) is 8.25. The van der Waals surface area contributed by atoms with Crippen molar-refractivity contribution in [3.63, 3.8) is 0 Å². The first-order valence-electron chi connectivity index (χ1n) is 7.97. The molecular formula is C19H11ClF3NO4S. The van der Waals surface area contributed by atoms with Crippen molar-refractivity contribution < 1.29 is 31.5 Å². The van der Waals surface area contributed by atoms with E-state index in [0.717, 1.165) is 30.3 Å². The number of sulfone groups is 1. The molecule has 1 heterocycles. The van der Waals surface area contributed by atoms with Gasteiger partial charge in [0.05, 0.1) is 16.2 Å². The molecule has 0 bridgehead atoms. The minimum atomic E-state index is -4.47. The van der Waals surface area contributed by atoms with Crippen LogP contribution in [-0.4, -0.2) is 24.5 Å². The van der Waals surface area contributed by atoms with E-state index < -0.39 is 56.0 Å². The summed E-state index contributed by atoms with van der Waals surface area (Å²) in [6.45, 7) is 0. The summed E-state index contributed by atoms with van der Waals surface area (Å²) in [6, 6.07) is 7.84. The zero-order valence-electron chi connectivity index (χ0n) is 14.4. The smallest absolute Gasteiger partial charge is 0.337 e. The summed E-state index contributed by atoms with van der Waals surface area (Å²) in [4.78, 5) is 14.8. The van der Waals surface area contributed by atoms with E-state index >= 15 is 0 Å². The lowest BCUT2D eigenvalue weighted by Gasteiger charge is -2.11. The minimum absolute atomic E-state index is 0.251. The van der Waals surface area contributed by atoms with Crippen LogP contribution in [0.25, 0.3) is 0 Å². The zero-order valence-corrected chi connectivity index (χ0v) is 15.9. The van der Waals surface area contributed by atoms with Crippen LogP contribution in [0.4, 0.5) is 13.2 Å². The predicted molar refractivity (Wildman–Crippen MR) is 97.2 cm³/mol. The maximum atomic E-state index is 14.5. The van der Waals surface area contributed by atoms with Crippen LogP contribution < -0.4 is 0 Å². The molecule has 0 aliphatic carbocycles. The van der Waals surface area contributed by atoms with E-state index in [1.165, 1.54) is 12.1 Å². The summed E-state index contributed by atoms with van der Waals surface area (Å²) in [5.41, 5.74) is -1.36. The molecule has 0 amide bonds. The number of aromatic carboxylic acids is 1. The Morgan fingerprint density at radius 3 is 2.28 bits per heavy atom. The number of pyridine rings is 1. The van der Waals surface area contributed by atoms with E-state index in [-0.39, 0.29) is 15.5 Å². The highest BCUT2D eigenvalue weighted by Crippen LogP contribution is 2.26. The highest BCUT2D eigenvalue weighted by atomic mass is 35.5. The third-order valence-corrected chi connectivity index (χ3v) is 5.94. The Balaban J connectivity index is 2.17. The molecule has 1 N–H and O–H groups in total. The van der Waals surface area contributed by atoms with Gasteiger partial charge in [-0.1, -0.05) is 11.6 Å². The normalized spacial score (nSPS) is 11.4. The largest absolute Gasteiger partial charge is 0.478 e. The SMILES string of the molecule is O=C(O)c1cc(F)c(S(=O)(=O)c2ccc(Cl)cc2)nc1Cc1cc(F)ccc1F. The molecule has 2 aromatic carbocycles. The number of rotatable bonds is 5. The molecule has 5 nitrogen and oxygen atoms in total. The predicted octanol–water partition coefficient (Wildman–Crippen LogP) is 4.27. The summed E-state index contributed by atoms with van der Waals surface area (Å²) in [5.74, 6) is -4.62. The van der Waals surface area contributed by atoms with Gasteiger partial charge in [-0.15, -0.1) is 0 Å². The van der Waals surface area contributed by atoms with Crippen molar-refractivity contribution in [1.29, 1.82) is 0 Å². The fourth-order valence-electron chi connectivity index (χ4n) is 2.60. The molecule has 10 heteroatoms. The maximum absolute atomic E-state index is 14.5. The van der Waals surface area contributed by atoms with Crippen LogP contribution in [-0.2, 0) is 16.3 Å². The van der Waals surface area contributed by atoms with Gasteiger partial charge in [0, 0.05) is 11.4 Å². The number of halogens is 4. The minimum Gasteiger partial charge on any atom is -0.478 e. The van der Waals surface area contributed by atoms with Crippen LogP contribution in [0.15, 0.2) is 58.5 Å². The fraction of sp³-hybridized carbons (Fsp3) is 0.0526. The lowest BCUT2D eigenvalue weighted by Crippen LogP contribution is -2.14. The van der Waals surface area contributed by atoms with Crippen LogP contribution in [0.2, 0.25) is 5.02 Å². The molecule has 150 valence electrons. The van der Waals surface area contributed by atoms with Crippen molar-refractivity contribution in [2.45, 2.75) is 16.3 Å². The van der Waals surface area contributed by atoms with Crippen LogP contribution in [0.5, 0.6) is 0 Å². The Hall–Kier alpha value is -2.91. The van der Waals surface area contributed by atoms with E-state index in [0.29, 0.717) is 6.07 Å². The molecule has 0 radical (unpaired) electrons. The van der Waals surface area contributed by atoms with Gasteiger partial charge in [0.25, 0.3) is 0 Å². The monoisotopic (exact) mass is 441 g/mol. The summed E-state index contributed by atoms with van der Waals surface area (Å²) >= 11 is 5.72. The summed E-state index contributed by atoms with van der Waals surface area (Å²) in [6.07, 6.45) is -0.561.